The van der Waals surface area contributed by atoms with Gasteiger partial charge in [-0.3, -0.25) is 0 Å². The third-order valence-electron chi connectivity index (χ3n) is 2.64. The average Bonchev–Trinajstić information content (AvgIpc) is 2.47. The van der Waals surface area contributed by atoms with Gasteiger partial charge in [-0.1, -0.05) is 12.1 Å². The van der Waals surface area contributed by atoms with E-state index in [1.54, 1.807) is 0 Å². The average molecular weight is 295 g/mol. The van der Waals surface area contributed by atoms with Crippen molar-refractivity contribution < 1.29 is 13.5 Å². The smallest absolute Gasteiger partial charge is 0.136 e. The summed E-state index contributed by atoms with van der Waals surface area (Å²) in [5.74, 6) is 0.410. The van der Waals surface area contributed by atoms with E-state index in [0.29, 0.717) is 23.8 Å². The van der Waals surface area contributed by atoms with Crippen LogP contribution in [0.25, 0.3) is 0 Å². The first kappa shape index (κ1) is 14.8. The van der Waals surface area contributed by atoms with Crippen molar-refractivity contribution >= 4 is 11.8 Å². The van der Waals surface area contributed by atoms with Gasteiger partial charge in [-0.2, -0.15) is 0 Å². The zero-order valence-corrected chi connectivity index (χ0v) is 11.6. The number of thioether (sulfide) groups is 1. The van der Waals surface area contributed by atoms with E-state index in [2.05, 4.69) is 0 Å². The molecule has 2 nitrogen and oxygen atoms in total. The lowest BCUT2D eigenvalue weighted by molar-refractivity contribution is 0.343. The molecule has 2 aromatic carbocycles. The van der Waals surface area contributed by atoms with Crippen molar-refractivity contribution in [1.82, 2.24) is 0 Å². The van der Waals surface area contributed by atoms with E-state index >= 15 is 0 Å². The second kappa shape index (κ2) is 7.26. The van der Waals surface area contributed by atoms with Crippen LogP contribution in [0.5, 0.6) is 5.75 Å². The molecule has 0 saturated carbocycles. The molecule has 2 N–H and O–H groups in total. The van der Waals surface area contributed by atoms with Crippen molar-refractivity contribution in [3.8, 4) is 5.75 Å². The lowest BCUT2D eigenvalue weighted by Crippen LogP contribution is -2.02. The van der Waals surface area contributed by atoms with E-state index < -0.39 is 11.6 Å². The number of rotatable bonds is 6. The van der Waals surface area contributed by atoms with Gasteiger partial charge in [0.2, 0.25) is 0 Å². The van der Waals surface area contributed by atoms with Crippen LogP contribution in [0, 0.1) is 11.6 Å². The fourth-order valence-corrected chi connectivity index (χ4v) is 2.45. The first-order valence-electron chi connectivity index (χ1n) is 6.18. The lowest BCUT2D eigenvalue weighted by atomic mass is 10.2. The number of hydrogen-bond donors (Lipinski definition) is 1. The van der Waals surface area contributed by atoms with Gasteiger partial charge >= 0.3 is 0 Å². The van der Waals surface area contributed by atoms with Crippen molar-refractivity contribution in [1.29, 1.82) is 0 Å². The summed E-state index contributed by atoms with van der Waals surface area (Å²) in [5.41, 5.74) is 6.54. The summed E-state index contributed by atoms with van der Waals surface area (Å²) < 4.78 is 31.9. The highest BCUT2D eigenvalue weighted by atomic mass is 32.2. The molecule has 0 fully saturated rings. The number of ether oxygens (including phenoxy) is 1. The van der Waals surface area contributed by atoms with Crippen LogP contribution in [0.15, 0.2) is 47.4 Å². The molecule has 0 amide bonds. The number of halogens is 2. The summed E-state index contributed by atoms with van der Waals surface area (Å²) in [5, 5.41) is 0. The highest BCUT2D eigenvalue weighted by molar-refractivity contribution is 7.99. The minimum absolute atomic E-state index is 0.296. The molecule has 0 heterocycles. The van der Waals surface area contributed by atoms with E-state index in [-0.39, 0.29) is 0 Å². The van der Waals surface area contributed by atoms with Gasteiger partial charge in [0.15, 0.2) is 0 Å². The summed E-state index contributed by atoms with van der Waals surface area (Å²) in [7, 11) is 0. The highest BCUT2D eigenvalue weighted by Gasteiger charge is 2.04. The molecular weight excluding hydrogens is 280 g/mol. The fraction of sp³-hybridized carbons (Fsp3) is 0.200. The quantitative estimate of drug-likeness (QED) is 0.653. The summed E-state index contributed by atoms with van der Waals surface area (Å²) in [6.07, 6.45) is 0. The summed E-state index contributed by atoms with van der Waals surface area (Å²) in [6.45, 7) is 0.870. The predicted octanol–water partition coefficient (Wildman–Crippen LogP) is 3.59. The number of benzene rings is 2. The molecule has 0 saturated heterocycles. The Bertz CT molecular complexity index is 578. The minimum atomic E-state index is -0.439. The first-order chi connectivity index (χ1) is 9.69. The maximum atomic E-state index is 13.4. The molecule has 5 heteroatoms. The second-order valence-electron chi connectivity index (χ2n) is 4.12. The Hall–Kier alpha value is -1.59. The molecule has 2 rings (SSSR count). The largest absolute Gasteiger partial charge is 0.493 e. The molecule has 0 radical (unpaired) electrons. The molecule has 0 bridgehead atoms. The molecule has 2 aromatic rings. The van der Waals surface area contributed by atoms with E-state index in [0.717, 1.165) is 23.4 Å². The Morgan fingerprint density at radius 1 is 1.10 bits per heavy atom. The van der Waals surface area contributed by atoms with Crippen molar-refractivity contribution in [2.45, 2.75) is 11.4 Å². The van der Waals surface area contributed by atoms with Crippen LogP contribution in [0.4, 0.5) is 8.78 Å². The van der Waals surface area contributed by atoms with Crippen LogP contribution >= 0.6 is 11.8 Å². The van der Waals surface area contributed by atoms with Gasteiger partial charge in [-0.15, -0.1) is 11.8 Å². The normalized spacial score (nSPS) is 10.6. The minimum Gasteiger partial charge on any atom is -0.493 e. The molecule has 0 unspecified atom stereocenters. The Kier molecular flexibility index (Phi) is 5.38. The van der Waals surface area contributed by atoms with Crippen molar-refractivity contribution in [2.24, 2.45) is 5.73 Å². The van der Waals surface area contributed by atoms with Gasteiger partial charge in [0.25, 0.3) is 0 Å². The topological polar surface area (TPSA) is 35.2 Å². The standard InChI is InChI=1S/C15H15F2NOS/c16-12-4-5-14(17)15(9-12)20-7-6-19-13-3-1-2-11(8-13)10-18/h1-5,8-9H,6-7,10,18H2. The molecule has 106 valence electrons. The molecule has 0 atom stereocenters. The van der Waals surface area contributed by atoms with Crippen LogP contribution in [-0.2, 0) is 6.54 Å². The molecule has 0 aliphatic carbocycles. The van der Waals surface area contributed by atoms with Gasteiger partial charge < -0.3 is 10.5 Å². The Balaban J connectivity index is 1.82. The van der Waals surface area contributed by atoms with Gasteiger partial charge in [0.05, 0.1) is 6.61 Å². The summed E-state index contributed by atoms with van der Waals surface area (Å²) >= 11 is 1.23. The van der Waals surface area contributed by atoms with Crippen molar-refractivity contribution in [2.75, 3.05) is 12.4 Å². The van der Waals surface area contributed by atoms with E-state index in [1.165, 1.54) is 17.8 Å². The monoisotopic (exact) mass is 295 g/mol. The van der Waals surface area contributed by atoms with Gasteiger partial charge in [-0.25, -0.2) is 8.78 Å². The van der Waals surface area contributed by atoms with Crippen molar-refractivity contribution in [3.05, 3.63) is 59.7 Å². The van der Waals surface area contributed by atoms with Gasteiger partial charge in [0.1, 0.15) is 17.4 Å². The molecule has 20 heavy (non-hydrogen) atoms. The van der Waals surface area contributed by atoms with Crippen LogP contribution in [0.1, 0.15) is 5.56 Å². The maximum Gasteiger partial charge on any atom is 0.136 e. The molecule has 0 aromatic heterocycles. The zero-order valence-electron chi connectivity index (χ0n) is 10.8. The van der Waals surface area contributed by atoms with E-state index in [1.807, 2.05) is 24.3 Å². The van der Waals surface area contributed by atoms with Crippen LogP contribution in [0.3, 0.4) is 0 Å². The predicted molar refractivity (Wildman–Crippen MR) is 76.9 cm³/mol. The zero-order chi connectivity index (χ0) is 14.4. The maximum absolute atomic E-state index is 13.4. The number of hydrogen-bond acceptors (Lipinski definition) is 3. The SMILES string of the molecule is NCc1cccc(OCCSc2cc(F)ccc2F)c1. The Labute approximate surface area is 120 Å². The molecule has 0 aliphatic rings. The third kappa shape index (κ3) is 4.21. The summed E-state index contributed by atoms with van der Waals surface area (Å²) in [6, 6.07) is 10.9. The lowest BCUT2D eigenvalue weighted by Gasteiger charge is -2.07. The van der Waals surface area contributed by atoms with Gasteiger partial charge in [-0.05, 0) is 35.9 Å². The highest BCUT2D eigenvalue weighted by Crippen LogP contribution is 2.22. The second-order valence-corrected chi connectivity index (χ2v) is 5.26. The van der Waals surface area contributed by atoms with Crippen LogP contribution in [0.2, 0.25) is 0 Å². The van der Waals surface area contributed by atoms with Crippen molar-refractivity contribution in [3.63, 3.8) is 0 Å². The van der Waals surface area contributed by atoms with Gasteiger partial charge in [0, 0.05) is 17.2 Å². The Morgan fingerprint density at radius 3 is 2.75 bits per heavy atom. The fourth-order valence-electron chi connectivity index (χ4n) is 1.66. The summed E-state index contributed by atoms with van der Waals surface area (Å²) in [4.78, 5) is 0.296. The van der Waals surface area contributed by atoms with E-state index in [9.17, 15) is 8.78 Å². The molecule has 0 aliphatic heterocycles. The number of nitrogens with two attached hydrogens (primary N) is 1. The van der Waals surface area contributed by atoms with E-state index in [4.69, 9.17) is 10.5 Å². The van der Waals surface area contributed by atoms with Crippen LogP contribution in [-0.4, -0.2) is 12.4 Å². The third-order valence-corrected chi connectivity index (χ3v) is 3.63. The molecule has 0 spiro atoms. The molecular formula is C15H15F2NOS. The van der Waals surface area contributed by atoms with Crippen LogP contribution < -0.4 is 10.5 Å². The first-order valence-corrected chi connectivity index (χ1v) is 7.17. The Morgan fingerprint density at radius 2 is 1.95 bits per heavy atom.